The van der Waals surface area contributed by atoms with Gasteiger partial charge in [0.25, 0.3) is 0 Å². The molecule has 1 aromatic carbocycles. The van der Waals surface area contributed by atoms with Gasteiger partial charge < -0.3 is 10.6 Å². The SMILES string of the molecule is CCC(C)Sc1ccc(NC(=O)CCNC)c(C)c1.Cl. The molecule has 20 heavy (non-hydrogen) atoms. The maximum Gasteiger partial charge on any atom is 0.225 e. The summed E-state index contributed by atoms with van der Waals surface area (Å²) in [5.41, 5.74) is 2.03. The molecule has 114 valence electrons. The van der Waals surface area contributed by atoms with E-state index in [1.165, 1.54) is 4.90 Å². The molecule has 0 saturated carbocycles. The number of carbonyl (C=O) groups excluding carboxylic acids is 1. The fraction of sp³-hybridized carbons (Fsp3) is 0.533. The summed E-state index contributed by atoms with van der Waals surface area (Å²) in [6.07, 6.45) is 1.66. The maximum absolute atomic E-state index is 11.7. The van der Waals surface area contributed by atoms with E-state index in [0.717, 1.165) is 17.7 Å². The number of halogens is 1. The van der Waals surface area contributed by atoms with Crippen LogP contribution >= 0.6 is 24.2 Å². The molecule has 1 aromatic rings. The van der Waals surface area contributed by atoms with E-state index in [2.05, 4.69) is 36.6 Å². The Kier molecular flexibility index (Phi) is 9.72. The number of aryl methyl sites for hydroxylation is 1. The highest BCUT2D eigenvalue weighted by Gasteiger charge is 2.07. The van der Waals surface area contributed by atoms with Crippen molar-refractivity contribution in [1.29, 1.82) is 0 Å². The summed E-state index contributed by atoms with van der Waals surface area (Å²) < 4.78 is 0. The molecule has 0 aliphatic heterocycles. The maximum atomic E-state index is 11.7. The van der Waals surface area contributed by atoms with E-state index in [0.29, 0.717) is 18.2 Å². The van der Waals surface area contributed by atoms with Crippen LogP contribution in [0.1, 0.15) is 32.3 Å². The van der Waals surface area contributed by atoms with E-state index in [-0.39, 0.29) is 18.3 Å². The molecule has 1 unspecified atom stereocenters. The Bertz CT molecular complexity index is 426. The van der Waals surface area contributed by atoms with Crippen molar-refractivity contribution in [1.82, 2.24) is 5.32 Å². The van der Waals surface area contributed by atoms with Gasteiger partial charge in [-0.2, -0.15) is 0 Å². The lowest BCUT2D eigenvalue weighted by Gasteiger charge is -2.12. The van der Waals surface area contributed by atoms with Gasteiger partial charge >= 0.3 is 0 Å². The van der Waals surface area contributed by atoms with Crippen LogP contribution in [0.15, 0.2) is 23.1 Å². The van der Waals surface area contributed by atoms with E-state index in [4.69, 9.17) is 0 Å². The standard InChI is InChI=1S/C15H24N2OS.ClH/c1-5-12(3)19-13-6-7-14(11(2)10-13)17-15(18)8-9-16-4;/h6-7,10,12,16H,5,8-9H2,1-4H3,(H,17,18);1H. The van der Waals surface area contributed by atoms with Crippen LogP contribution in [-0.4, -0.2) is 24.7 Å². The van der Waals surface area contributed by atoms with E-state index in [1.54, 1.807) is 0 Å². The van der Waals surface area contributed by atoms with Gasteiger partial charge in [0.1, 0.15) is 0 Å². The summed E-state index contributed by atoms with van der Waals surface area (Å²) in [6, 6.07) is 6.22. The number of anilines is 1. The van der Waals surface area contributed by atoms with Gasteiger partial charge in [0, 0.05) is 28.8 Å². The van der Waals surface area contributed by atoms with Crippen molar-refractivity contribution >= 4 is 35.8 Å². The molecule has 0 aliphatic carbocycles. The minimum Gasteiger partial charge on any atom is -0.326 e. The van der Waals surface area contributed by atoms with E-state index >= 15 is 0 Å². The molecule has 0 aliphatic rings. The molecule has 0 spiro atoms. The molecule has 0 heterocycles. The van der Waals surface area contributed by atoms with E-state index < -0.39 is 0 Å². The number of thioether (sulfide) groups is 1. The zero-order valence-corrected chi connectivity index (χ0v) is 14.3. The number of hydrogen-bond acceptors (Lipinski definition) is 3. The zero-order chi connectivity index (χ0) is 14.3. The zero-order valence-electron chi connectivity index (χ0n) is 12.7. The average molecular weight is 317 g/mol. The Morgan fingerprint density at radius 1 is 1.40 bits per heavy atom. The third kappa shape index (κ3) is 6.64. The summed E-state index contributed by atoms with van der Waals surface area (Å²) in [5, 5.41) is 6.54. The Labute approximate surface area is 132 Å². The van der Waals surface area contributed by atoms with Crippen LogP contribution < -0.4 is 10.6 Å². The number of nitrogens with one attached hydrogen (secondary N) is 2. The molecule has 3 nitrogen and oxygen atoms in total. The minimum atomic E-state index is 0. The largest absolute Gasteiger partial charge is 0.326 e. The van der Waals surface area contributed by atoms with Crippen LogP contribution in [0.2, 0.25) is 0 Å². The van der Waals surface area contributed by atoms with E-state index in [9.17, 15) is 4.79 Å². The fourth-order valence-electron chi connectivity index (χ4n) is 1.62. The molecule has 1 rings (SSSR count). The molecule has 1 atom stereocenters. The lowest BCUT2D eigenvalue weighted by Crippen LogP contribution is -2.19. The van der Waals surface area contributed by atoms with Crippen molar-refractivity contribution in [2.24, 2.45) is 0 Å². The normalized spacial score (nSPS) is 11.6. The van der Waals surface area contributed by atoms with Crippen molar-refractivity contribution in [2.75, 3.05) is 18.9 Å². The first-order valence-corrected chi connectivity index (χ1v) is 7.66. The molecule has 1 amide bonds. The second-order valence-corrected chi connectivity index (χ2v) is 6.23. The number of hydrogen-bond donors (Lipinski definition) is 2. The number of rotatable bonds is 7. The lowest BCUT2D eigenvalue weighted by molar-refractivity contribution is -0.116. The Hall–Kier alpha value is -0.710. The van der Waals surface area contributed by atoms with Gasteiger partial charge in [0.15, 0.2) is 0 Å². The second-order valence-electron chi connectivity index (χ2n) is 4.72. The first-order valence-electron chi connectivity index (χ1n) is 6.78. The summed E-state index contributed by atoms with van der Waals surface area (Å²) in [7, 11) is 1.85. The molecule has 0 aromatic heterocycles. The third-order valence-corrected chi connectivity index (χ3v) is 4.25. The minimum absolute atomic E-state index is 0. The number of carbonyl (C=O) groups is 1. The molecule has 0 saturated heterocycles. The van der Waals surface area contributed by atoms with Crippen molar-refractivity contribution in [3.63, 3.8) is 0 Å². The molecule has 2 N–H and O–H groups in total. The molecular weight excluding hydrogens is 292 g/mol. The highest BCUT2D eigenvalue weighted by molar-refractivity contribution is 7.99. The predicted octanol–water partition coefficient (Wildman–Crippen LogP) is 3.86. The first-order chi connectivity index (χ1) is 9.06. The molecule has 5 heteroatoms. The van der Waals surface area contributed by atoms with Crippen LogP contribution in [0.5, 0.6) is 0 Å². The quantitative estimate of drug-likeness (QED) is 0.751. The van der Waals surface area contributed by atoms with Crippen molar-refractivity contribution in [3.8, 4) is 0 Å². The topological polar surface area (TPSA) is 41.1 Å². The van der Waals surface area contributed by atoms with Crippen LogP contribution in [0, 0.1) is 6.92 Å². The van der Waals surface area contributed by atoms with E-state index in [1.807, 2.05) is 31.8 Å². The highest BCUT2D eigenvalue weighted by atomic mass is 35.5. The second kappa shape index (κ2) is 10.1. The van der Waals surface area contributed by atoms with Gasteiger partial charge in [-0.1, -0.05) is 13.8 Å². The Morgan fingerprint density at radius 3 is 2.65 bits per heavy atom. The average Bonchev–Trinajstić information content (AvgIpc) is 2.39. The Morgan fingerprint density at radius 2 is 2.10 bits per heavy atom. The van der Waals surface area contributed by atoms with Gasteiger partial charge in [-0.3, -0.25) is 4.79 Å². The molecule has 0 radical (unpaired) electrons. The lowest BCUT2D eigenvalue weighted by atomic mass is 10.2. The van der Waals surface area contributed by atoms with Gasteiger partial charge in [-0.15, -0.1) is 24.2 Å². The molecular formula is C15H25ClN2OS. The summed E-state index contributed by atoms with van der Waals surface area (Å²) in [5.74, 6) is 0.0554. The monoisotopic (exact) mass is 316 g/mol. The Balaban J connectivity index is 0.00000361. The van der Waals surface area contributed by atoms with Crippen molar-refractivity contribution < 1.29 is 4.79 Å². The third-order valence-electron chi connectivity index (χ3n) is 2.99. The summed E-state index contributed by atoms with van der Waals surface area (Å²) in [6.45, 7) is 7.16. The van der Waals surface area contributed by atoms with Crippen LogP contribution in [0.3, 0.4) is 0 Å². The van der Waals surface area contributed by atoms with Gasteiger partial charge in [0.05, 0.1) is 0 Å². The van der Waals surface area contributed by atoms with Gasteiger partial charge in [-0.05, 0) is 44.2 Å². The van der Waals surface area contributed by atoms with Crippen molar-refractivity contribution in [2.45, 2.75) is 43.8 Å². The summed E-state index contributed by atoms with van der Waals surface area (Å²) in [4.78, 5) is 12.9. The van der Waals surface area contributed by atoms with Gasteiger partial charge in [-0.25, -0.2) is 0 Å². The van der Waals surface area contributed by atoms with Crippen molar-refractivity contribution in [3.05, 3.63) is 23.8 Å². The van der Waals surface area contributed by atoms with Gasteiger partial charge in [0.2, 0.25) is 5.91 Å². The smallest absolute Gasteiger partial charge is 0.225 e. The molecule has 0 bridgehead atoms. The molecule has 0 fully saturated rings. The van der Waals surface area contributed by atoms with Crippen LogP contribution in [-0.2, 0) is 4.79 Å². The number of amides is 1. The first kappa shape index (κ1) is 19.3. The predicted molar refractivity (Wildman–Crippen MR) is 91.2 cm³/mol. The van der Waals surface area contributed by atoms with Crippen LogP contribution in [0.4, 0.5) is 5.69 Å². The summed E-state index contributed by atoms with van der Waals surface area (Å²) >= 11 is 1.88. The number of benzene rings is 1. The fourth-order valence-corrected chi connectivity index (χ4v) is 2.64. The highest BCUT2D eigenvalue weighted by Crippen LogP contribution is 2.28. The van der Waals surface area contributed by atoms with Crippen LogP contribution in [0.25, 0.3) is 0 Å².